The van der Waals surface area contributed by atoms with Gasteiger partial charge in [0.1, 0.15) is 16.1 Å². The van der Waals surface area contributed by atoms with Crippen LogP contribution in [0.5, 0.6) is 0 Å². The average Bonchev–Trinajstić information content (AvgIpc) is 3.31. The lowest BCUT2D eigenvalue weighted by Crippen LogP contribution is -2.41. The number of carbonyl (C=O) groups is 1. The summed E-state index contributed by atoms with van der Waals surface area (Å²) >= 11 is 2.55. The number of fused-ring (bicyclic) bond motifs is 1. The largest absolute Gasteiger partial charge is 0.337 e. The van der Waals surface area contributed by atoms with Crippen LogP contribution in [0.1, 0.15) is 12.0 Å². The van der Waals surface area contributed by atoms with E-state index in [9.17, 15) is 17.6 Å². The smallest absolute Gasteiger partial charge is 0.250 e. The Kier molecular flexibility index (Phi) is 4.55. The summed E-state index contributed by atoms with van der Waals surface area (Å²) in [7, 11) is -3.84. The number of hydrogen-bond donors (Lipinski definition) is 1. The molecule has 1 aromatic carbocycles. The molecule has 1 aliphatic rings. The molecule has 3 aromatic rings. The van der Waals surface area contributed by atoms with Gasteiger partial charge in [-0.2, -0.15) is 16.1 Å². The highest BCUT2D eigenvalue weighted by atomic mass is 32.2. The fourth-order valence-corrected chi connectivity index (χ4v) is 6.29. The molecule has 3 heterocycles. The van der Waals surface area contributed by atoms with Gasteiger partial charge in [0.05, 0.1) is 0 Å². The maximum atomic E-state index is 13.3. The Balaban J connectivity index is 1.51. The molecule has 136 valence electrons. The van der Waals surface area contributed by atoms with E-state index < -0.39 is 21.9 Å². The van der Waals surface area contributed by atoms with E-state index in [-0.39, 0.29) is 10.1 Å². The van der Waals surface area contributed by atoms with Crippen molar-refractivity contribution in [2.24, 2.45) is 0 Å². The predicted octanol–water partition coefficient (Wildman–Crippen LogP) is 3.18. The molecule has 26 heavy (non-hydrogen) atoms. The van der Waals surface area contributed by atoms with Crippen molar-refractivity contribution in [1.82, 2.24) is 9.62 Å². The molecule has 1 unspecified atom stereocenters. The van der Waals surface area contributed by atoms with E-state index in [1.807, 2.05) is 16.8 Å². The van der Waals surface area contributed by atoms with Crippen molar-refractivity contribution in [3.63, 3.8) is 0 Å². The van der Waals surface area contributed by atoms with Gasteiger partial charge in [-0.15, -0.1) is 11.3 Å². The Labute approximate surface area is 158 Å². The number of carbonyl (C=O) groups excluding carboxylic acids is 1. The van der Waals surface area contributed by atoms with Gasteiger partial charge in [-0.3, -0.25) is 4.79 Å². The average molecular weight is 411 g/mol. The maximum absolute atomic E-state index is 13.3. The molecule has 0 bridgehead atoms. The van der Waals surface area contributed by atoms with E-state index in [1.54, 1.807) is 22.3 Å². The Hall–Kier alpha value is -1.81. The van der Waals surface area contributed by atoms with Crippen molar-refractivity contribution >= 4 is 48.7 Å². The van der Waals surface area contributed by atoms with Crippen LogP contribution in [0.3, 0.4) is 0 Å². The number of rotatable bonds is 5. The van der Waals surface area contributed by atoms with Gasteiger partial charge in [0.25, 0.3) is 10.0 Å². The fourth-order valence-electron chi connectivity index (χ4n) is 2.97. The number of hydrogen-bond acceptors (Lipinski definition) is 5. The molecule has 1 saturated heterocycles. The SMILES string of the molecule is O=C1C(NS(=O)(=O)c2cc3ccc(F)cc3s2)CCN1Cc1ccsc1. The normalized spacial score (nSPS) is 18.1. The molecular formula is C17H15FN2O3S3. The van der Waals surface area contributed by atoms with Crippen LogP contribution in [0.4, 0.5) is 4.39 Å². The van der Waals surface area contributed by atoms with Crippen molar-refractivity contribution in [3.05, 3.63) is 52.5 Å². The molecule has 0 spiro atoms. The van der Waals surface area contributed by atoms with Crippen LogP contribution in [0, 0.1) is 5.82 Å². The minimum Gasteiger partial charge on any atom is -0.337 e. The predicted molar refractivity (Wildman–Crippen MR) is 100 cm³/mol. The summed E-state index contributed by atoms with van der Waals surface area (Å²) in [6, 6.07) is 6.84. The lowest BCUT2D eigenvalue weighted by atomic mass is 10.3. The first-order chi connectivity index (χ1) is 12.4. The van der Waals surface area contributed by atoms with E-state index in [0.29, 0.717) is 29.6 Å². The first-order valence-corrected chi connectivity index (χ1v) is 11.2. The summed E-state index contributed by atoms with van der Waals surface area (Å²) in [6.07, 6.45) is 0.432. The zero-order valence-corrected chi connectivity index (χ0v) is 16.0. The number of sulfonamides is 1. The lowest BCUT2D eigenvalue weighted by Gasteiger charge is -2.16. The van der Waals surface area contributed by atoms with Crippen LogP contribution in [0.25, 0.3) is 10.1 Å². The van der Waals surface area contributed by atoms with Crippen molar-refractivity contribution in [3.8, 4) is 0 Å². The summed E-state index contributed by atoms with van der Waals surface area (Å²) < 4.78 is 41.8. The second kappa shape index (κ2) is 6.73. The van der Waals surface area contributed by atoms with E-state index in [0.717, 1.165) is 16.9 Å². The quantitative estimate of drug-likeness (QED) is 0.703. The zero-order chi connectivity index (χ0) is 18.3. The third-order valence-electron chi connectivity index (χ3n) is 4.27. The van der Waals surface area contributed by atoms with Crippen LogP contribution >= 0.6 is 22.7 Å². The summed E-state index contributed by atoms with van der Waals surface area (Å²) in [5.74, 6) is -0.627. The molecule has 0 saturated carbocycles. The molecule has 0 radical (unpaired) electrons. The van der Waals surface area contributed by atoms with Gasteiger partial charge in [0.15, 0.2) is 0 Å². The Morgan fingerprint density at radius 2 is 2.12 bits per heavy atom. The van der Waals surface area contributed by atoms with Gasteiger partial charge in [0, 0.05) is 17.8 Å². The van der Waals surface area contributed by atoms with Gasteiger partial charge in [0.2, 0.25) is 5.91 Å². The summed E-state index contributed by atoms with van der Waals surface area (Å²) in [5, 5.41) is 4.58. The molecular weight excluding hydrogens is 395 g/mol. The molecule has 1 atom stereocenters. The second-order valence-electron chi connectivity index (χ2n) is 6.10. The second-order valence-corrected chi connectivity index (χ2v) is 9.91. The monoisotopic (exact) mass is 410 g/mol. The topological polar surface area (TPSA) is 66.5 Å². The molecule has 0 aliphatic carbocycles. The van der Waals surface area contributed by atoms with E-state index >= 15 is 0 Å². The number of benzene rings is 1. The number of likely N-dealkylation sites (tertiary alicyclic amines) is 1. The maximum Gasteiger partial charge on any atom is 0.250 e. The number of thiophene rings is 2. The third kappa shape index (κ3) is 3.39. The first kappa shape index (κ1) is 17.6. The molecule has 1 aliphatic heterocycles. The number of amides is 1. The Bertz CT molecular complexity index is 1060. The number of nitrogens with one attached hydrogen (secondary N) is 1. The Morgan fingerprint density at radius 1 is 1.27 bits per heavy atom. The standard InChI is InChI=1S/C17H15FN2O3S3/c18-13-2-1-12-7-16(25-15(12)8-13)26(22,23)19-14-3-5-20(17(14)21)9-11-4-6-24-10-11/h1-2,4,6-8,10,14,19H,3,5,9H2. The van der Waals surface area contributed by atoms with Gasteiger partial charge < -0.3 is 4.90 Å². The van der Waals surface area contributed by atoms with Gasteiger partial charge >= 0.3 is 0 Å². The van der Waals surface area contributed by atoms with Gasteiger partial charge in [-0.25, -0.2) is 12.8 Å². The van der Waals surface area contributed by atoms with Crippen LogP contribution in [-0.2, 0) is 21.4 Å². The minimum atomic E-state index is -3.84. The minimum absolute atomic E-state index is 0.0854. The summed E-state index contributed by atoms with van der Waals surface area (Å²) in [6.45, 7) is 1.00. The third-order valence-corrected chi connectivity index (χ3v) is 8.05. The highest BCUT2D eigenvalue weighted by Crippen LogP contribution is 2.30. The molecule has 4 rings (SSSR count). The van der Waals surface area contributed by atoms with E-state index in [1.165, 1.54) is 18.2 Å². The van der Waals surface area contributed by atoms with E-state index in [4.69, 9.17) is 0 Å². The molecule has 2 aromatic heterocycles. The van der Waals surface area contributed by atoms with Gasteiger partial charge in [-0.05, 0) is 52.4 Å². The van der Waals surface area contributed by atoms with Crippen molar-refractivity contribution in [2.45, 2.75) is 23.2 Å². The zero-order valence-electron chi connectivity index (χ0n) is 13.5. The van der Waals surface area contributed by atoms with Crippen LogP contribution < -0.4 is 4.72 Å². The fraction of sp³-hybridized carbons (Fsp3) is 0.235. The number of nitrogens with zero attached hydrogens (tertiary/aromatic N) is 1. The number of halogens is 1. The highest BCUT2D eigenvalue weighted by Gasteiger charge is 2.35. The van der Waals surface area contributed by atoms with Gasteiger partial charge in [-0.1, -0.05) is 6.07 Å². The first-order valence-electron chi connectivity index (χ1n) is 7.94. The molecule has 5 nitrogen and oxygen atoms in total. The Morgan fingerprint density at radius 3 is 2.88 bits per heavy atom. The summed E-state index contributed by atoms with van der Waals surface area (Å²) in [5.41, 5.74) is 1.04. The molecule has 1 N–H and O–H groups in total. The molecule has 1 amide bonds. The highest BCUT2D eigenvalue weighted by molar-refractivity contribution is 7.91. The van der Waals surface area contributed by atoms with Crippen molar-refractivity contribution < 1.29 is 17.6 Å². The van der Waals surface area contributed by atoms with Crippen LogP contribution in [0.15, 0.2) is 45.3 Å². The van der Waals surface area contributed by atoms with Crippen molar-refractivity contribution in [2.75, 3.05) is 6.54 Å². The molecule has 9 heteroatoms. The van der Waals surface area contributed by atoms with Crippen molar-refractivity contribution in [1.29, 1.82) is 0 Å². The van der Waals surface area contributed by atoms with Crippen LogP contribution in [-0.4, -0.2) is 31.8 Å². The molecule has 1 fully saturated rings. The lowest BCUT2D eigenvalue weighted by molar-refractivity contribution is -0.129. The summed E-state index contributed by atoms with van der Waals surface area (Å²) in [4.78, 5) is 14.2. The van der Waals surface area contributed by atoms with Crippen LogP contribution in [0.2, 0.25) is 0 Å². The van der Waals surface area contributed by atoms with E-state index in [2.05, 4.69) is 4.72 Å².